The number of nitrogen functional groups attached to an aromatic ring is 1. The molecule has 0 aromatic heterocycles. The summed E-state index contributed by atoms with van der Waals surface area (Å²) >= 11 is 0. The summed E-state index contributed by atoms with van der Waals surface area (Å²) in [6.07, 6.45) is 4.73. The summed E-state index contributed by atoms with van der Waals surface area (Å²) in [5.74, 6) is 5.32. The van der Waals surface area contributed by atoms with Gasteiger partial charge in [0.25, 0.3) is 0 Å². The predicted octanol–water partition coefficient (Wildman–Crippen LogP) is 2.31. The normalized spacial score (nSPS) is 16.8. The summed E-state index contributed by atoms with van der Waals surface area (Å²) in [7, 11) is -3.25. The van der Waals surface area contributed by atoms with Gasteiger partial charge in [0.15, 0.2) is 0 Å². The van der Waals surface area contributed by atoms with Crippen molar-refractivity contribution < 1.29 is 8.42 Å². The Morgan fingerprint density at radius 3 is 2.36 bits per heavy atom. The highest BCUT2D eigenvalue weighted by atomic mass is 35.5. The molecule has 1 heterocycles. The van der Waals surface area contributed by atoms with Crippen LogP contribution in [0.2, 0.25) is 0 Å². The molecule has 1 aromatic carbocycles. The zero-order valence-corrected chi connectivity index (χ0v) is 14.2. The van der Waals surface area contributed by atoms with Gasteiger partial charge in [-0.05, 0) is 43.4 Å². The molecule has 124 valence electrons. The molecule has 0 bridgehead atoms. The van der Waals surface area contributed by atoms with Crippen LogP contribution in [0.25, 0.3) is 0 Å². The molecule has 3 N–H and O–H groups in total. The maximum Gasteiger partial charge on any atom is 0.220 e. The first-order valence-electron chi connectivity index (χ1n) is 7.25. The molecule has 5 nitrogen and oxygen atoms in total. The summed E-state index contributed by atoms with van der Waals surface area (Å²) in [5.41, 5.74) is 4.50. The molecular weight excluding hydrogens is 322 g/mol. The first kappa shape index (κ1) is 19.0. The molecule has 0 radical (unpaired) electrons. The molecule has 1 aliphatic heterocycles. The monoisotopic (exact) mass is 345 g/mol. The second-order valence-corrected chi connectivity index (χ2v) is 7.46. The minimum absolute atomic E-state index is 0. The van der Waals surface area contributed by atoms with Crippen molar-refractivity contribution in [2.45, 2.75) is 30.9 Å². The first-order chi connectivity index (χ1) is 10.1. The van der Waals surface area contributed by atoms with Crippen molar-refractivity contribution in [1.82, 2.24) is 4.31 Å². The van der Waals surface area contributed by atoms with Crippen LogP contribution in [0.3, 0.4) is 0 Å². The molecule has 22 heavy (non-hydrogen) atoms. The second-order valence-electron chi connectivity index (χ2n) is 5.31. The van der Waals surface area contributed by atoms with Crippen LogP contribution in [0, 0.1) is 0 Å². The lowest BCUT2D eigenvalue weighted by Gasteiger charge is -2.21. The number of hydrazine groups is 1. The molecule has 2 rings (SSSR count). The van der Waals surface area contributed by atoms with E-state index in [4.69, 9.17) is 5.84 Å². The third kappa shape index (κ3) is 4.46. The summed E-state index contributed by atoms with van der Waals surface area (Å²) in [6.45, 7) is 4.99. The minimum atomic E-state index is -3.25. The number of nitrogens with one attached hydrogen (secondary N) is 1. The quantitative estimate of drug-likeness (QED) is 0.451. The highest BCUT2D eigenvalue weighted by molar-refractivity contribution is 7.89. The molecule has 0 spiro atoms. The van der Waals surface area contributed by atoms with E-state index in [1.54, 1.807) is 10.4 Å². The molecule has 1 atom stereocenters. The third-order valence-corrected chi connectivity index (χ3v) is 6.19. The van der Waals surface area contributed by atoms with Crippen LogP contribution in [0.4, 0.5) is 5.69 Å². The average molecular weight is 346 g/mol. The van der Waals surface area contributed by atoms with Gasteiger partial charge in [-0.1, -0.05) is 18.2 Å². The van der Waals surface area contributed by atoms with E-state index in [1.807, 2.05) is 24.3 Å². The van der Waals surface area contributed by atoms with Crippen LogP contribution in [-0.4, -0.2) is 31.1 Å². The van der Waals surface area contributed by atoms with Gasteiger partial charge in [0.2, 0.25) is 10.0 Å². The number of nitrogens with two attached hydrogens (primary N) is 1. The molecule has 1 saturated heterocycles. The van der Waals surface area contributed by atoms with Crippen molar-refractivity contribution in [2.24, 2.45) is 5.84 Å². The number of hydrogen-bond donors (Lipinski definition) is 2. The smallest absolute Gasteiger partial charge is 0.220 e. The fraction of sp³-hybridized carbons (Fsp3) is 0.467. The van der Waals surface area contributed by atoms with E-state index in [2.05, 4.69) is 12.0 Å². The largest absolute Gasteiger partial charge is 0.324 e. The lowest BCUT2D eigenvalue weighted by atomic mass is 10.1. The Hall–Kier alpha value is -1.08. The van der Waals surface area contributed by atoms with E-state index < -0.39 is 15.3 Å². The third-order valence-electron chi connectivity index (χ3n) is 3.91. The van der Waals surface area contributed by atoms with Crippen molar-refractivity contribution in [3.63, 3.8) is 0 Å². The fourth-order valence-electron chi connectivity index (χ4n) is 2.60. The zero-order chi connectivity index (χ0) is 15.3. The van der Waals surface area contributed by atoms with Gasteiger partial charge in [-0.25, -0.2) is 12.7 Å². The van der Waals surface area contributed by atoms with Gasteiger partial charge in [0.1, 0.15) is 0 Å². The highest BCUT2D eigenvalue weighted by Gasteiger charge is 2.31. The Kier molecular flexibility index (Phi) is 7.35. The molecule has 1 aromatic rings. The van der Waals surface area contributed by atoms with Crippen LogP contribution in [-0.2, 0) is 16.4 Å². The Bertz CT molecular complexity index is 569. The SMILES string of the molecule is C=CC(CCc1ccc(NN)cc1)S(=O)(=O)N1CCCC1.Cl. The molecule has 1 fully saturated rings. The van der Waals surface area contributed by atoms with Gasteiger partial charge in [-0.2, -0.15) is 0 Å². The van der Waals surface area contributed by atoms with Crippen molar-refractivity contribution >= 4 is 28.1 Å². The van der Waals surface area contributed by atoms with E-state index >= 15 is 0 Å². The van der Waals surface area contributed by atoms with Gasteiger partial charge in [-0.3, -0.25) is 5.84 Å². The van der Waals surface area contributed by atoms with Crippen molar-refractivity contribution in [1.29, 1.82) is 0 Å². The highest BCUT2D eigenvalue weighted by Crippen LogP contribution is 2.21. The van der Waals surface area contributed by atoms with E-state index in [0.717, 1.165) is 24.1 Å². The maximum atomic E-state index is 12.5. The second kappa shape index (κ2) is 8.53. The molecule has 1 aliphatic rings. The standard InChI is InChI=1S/C15H23N3O2S.ClH/c1-2-15(21(19,20)18-11-3-4-12-18)10-7-13-5-8-14(17-16)9-6-13;/h2,5-6,8-9,15,17H,1,3-4,7,10-12,16H2;1H. The number of benzene rings is 1. The minimum Gasteiger partial charge on any atom is -0.324 e. The number of rotatable bonds is 7. The zero-order valence-electron chi connectivity index (χ0n) is 12.6. The van der Waals surface area contributed by atoms with E-state index in [9.17, 15) is 8.42 Å². The van der Waals surface area contributed by atoms with Gasteiger partial charge < -0.3 is 5.43 Å². The summed E-state index contributed by atoms with van der Waals surface area (Å²) in [4.78, 5) is 0. The Balaban J connectivity index is 0.00000242. The number of aryl methyl sites for hydroxylation is 1. The topological polar surface area (TPSA) is 75.4 Å². The summed E-state index contributed by atoms with van der Waals surface area (Å²) in [6, 6.07) is 7.68. The fourth-order valence-corrected chi connectivity index (χ4v) is 4.41. The van der Waals surface area contributed by atoms with Gasteiger partial charge in [0.05, 0.1) is 5.25 Å². The molecular formula is C15H24ClN3O2S. The molecule has 7 heteroatoms. The molecule has 0 aliphatic carbocycles. The van der Waals surface area contributed by atoms with Crippen molar-refractivity contribution in [3.05, 3.63) is 42.5 Å². The van der Waals surface area contributed by atoms with E-state index in [0.29, 0.717) is 25.9 Å². The van der Waals surface area contributed by atoms with Crippen molar-refractivity contribution in [3.8, 4) is 0 Å². The Morgan fingerprint density at radius 1 is 1.27 bits per heavy atom. The van der Waals surface area contributed by atoms with Gasteiger partial charge in [0, 0.05) is 18.8 Å². The van der Waals surface area contributed by atoms with Gasteiger partial charge in [-0.15, -0.1) is 19.0 Å². The summed E-state index contributed by atoms with van der Waals surface area (Å²) in [5, 5.41) is -0.511. The van der Waals surface area contributed by atoms with Gasteiger partial charge >= 0.3 is 0 Å². The number of nitrogens with zero attached hydrogens (tertiary/aromatic N) is 1. The summed E-state index contributed by atoms with van der Waals surface area (Å²) < 4.78 is 26.6. The predicted molar refractivity (Wildman–Crippen MR) is 93.5 cm³/mol. The molecule has 0 saturated carbocycles. The number of sulfonamides is 1. The Labute approximate surface area is 139 Å². The van der Waals surface area contributed by atoms with Crippen LogP contribution in [0.1, 0.15) is 24.8 Å². The number of halogens is 1. The first-order valence-corrected chi connectivity index (χ1v) is 8.75. The molecule has 1 unspecified atom stereocenters. The van der Waals surface area contributed by atoms with Crippen LogP contribution >= 0.6 is 12.4 Å². The van der Waals surface area contributed by atoms with Crippen LogP contribution in [0.5, 0.6) is 0 Å². The average Bonchev–Trinajstić information content (AvgIpc) is 3.03. The number of hydrogen-bond acceptors (Lipinski definition) is 4. The van der Waals surface area contributed by atoms with Crippen molar-refractivity contribution in [2.75, 3.05) is 18.5 Å². The van der Waals surface area contributed by atoms with E-state index in [-0.39, 0.29) is 12.4 Å². The maximum absolute atomic E-state index is 12.5. The number of anilines is 1. The lowest BCUT2D eigenvalue weighted by molar-refractivity contribution is 0.468. The van der Waals surface area contributed by atoms with Crippen LogP contribution in [0.15, 0.2) is 36.9 Å². The van der Waals surface area contributed by atoms with E-state index in [1.165, 1.54) is 0 Å². The lowest BCUT2D eigenvalue weighted by Crippen LogP contribution is -2.36. The molecule has 0 amide bonds. The Morgan fingerprint density at radius 2 is 1.86 bits per heavy atom. The van der Waals surface area contributed by atoms with Crippen LogP contribution < -0.4 is 11.3 Å².